The van der Waals surface area contributed by atoms with E-state index in [1.807, 2.05) is 0 Å². The highest BCUT2D eigenvalue weighted by Gasteiger charge is 2.24. The van der Waals surface area contributed by atoms with E-state index in [1.165, 1.54) is 0 Å². The second-order valence-electron chi connectivity index (χ2n) is 2.31. The fourth-order valence-corrected chi connectivity index (χ4v) is 2.56. The standard InChI is InChI=1S/C8H19O4PS/c1-4-10-13(9,11-5-2)12-7-8-14-6-3/h4-8H2,1-3H3. The summed E-state index contributed by atoms with van der Waals surface area (Å²) in [6, 6.07) is 0. The molecule has 0 fully saturated rings. The van der Waals surface area contributed by atoms with Crippen LogP contribution in [-0.4, -0.2) is 31.3 Å². The molecule has 0 aromatic carbocycles. The van der Waals surface area contributed by atoms with Crippen molar-refractivity contribution in [1.29, 1.82) is 0 Å². The predicted octanol–water partition coefficient (Wildman–Crippen LogP) is 2.94. The molecular weight excluding hydrogens is 223 g/mol. The highest BCUT2D eigenvalue weighted by Crippen LogP contribution is 2.49. The van der Waals surface area contributed by atoms with Crippen LogP contribution >= 0.6 is 19.6 Å². The minimum atomic E-state index is -3.27. The number of phosphoric acid groups is 1. The lowest BCUT2D eigenvalue weighted by atomic mass is 10.9. The van der Waals surface area contributed by atoms with Crippen molar-refractivity contribution in [3.05, 3.63) is 0 Å². The van der Waals surface area contributed by atoms with Gasteiger partial charge < -0.3 is 0 Å². The summed E-state index contributed by atoms with van der Waals surface area (Å²) in [4.78, 5) is 0. The maximum absolute atomic E-state index is 11.7. The average molecular weight is 242 g/mol. The SMILES string of the molecule is CCOP(=O)(OCC)OCCSCC. The normalized spacial score (nSPS) is 11.9. The predicted molar refractivity (Wildman–Crippen MR) is 59.8 cm³/mol. The number of hydrogen-bond acceptors (Lipinski definition) is 5. The van der Waals surface area contributed by atoms with Gasteiger partial charge in [-0.25, -0.2) is 4.57 Å². The van der Waals surface area contributed by atoms with Gasteiger partial charge in [-0.15, -0.1) is 0 Å². The smallest absolute Gasteiger partial charge is 0.287 e. The van der Waals surface area contributed by atoms with E-state index in [1.54, 1.807) is 25.6 Å². The number of phosphoric ester groups is 1. The highest BCUT2D eigenvalue weighted by molar-refractivity contribution is 7.99. The molecule has 0 spiro atoms. The Balaban J connectivity index is 3.78. The molecular formula is C8H19O4PS. The zero-order valence-corrected chi connectivity index (χ0v) is 10.7. The quantitative estimate of drug-likeness (QED) is 0.459. The molecule has 0 N–H and O–H groups in total. The largest absolute Gasteiger partial charge is 0.474 e. The molecule has 0 aliphatic heterocycles. The fraction of sp³-hybridized carbons (Fsp3) is 1.00. The van der Waals surface area contributed by atoms with Crippen LogP contribution in [0.1, 0.15) is 20.8 Å². The third-order valence-corrected chi connectivity index (χ3v) is 3.77. The van der Waals surface area contributed by atoms with Crippen LogP contribution in [0.3, 0.4) is 0 Å². The molecule has 0 aliphatic carbocycles. The van der Waals surface area contributed by atoms with E-state index in [0.29, 0.717) is 19.8 Å². The van der Waals surface area contributed by atoms with Crippen molar-refractivity contribution >= 4 is 19.6 Å². The Kier molecular flexibility index (Phi) is 9.03. The van der Waals surface area contributed by atoms with Crippen LogP contribution < -0.4 is 0 Å². The molecule has 4 nitrogen and oxygen atoms in total. The average Bonchev–Trinajstić information content (AvgIpc) is 2.13. The zero-order valence-electron chi connectivity index (χ0n) is 9.02. The number of rotatable bonds is 9. The topological polar surface area (TPSA) is 44.8 Å². The highest BCUT2D eigenvalue weighted by atomic mass is 32.2. The van der Waals surface area contributed by atoms with Crippen LogP contribution in [0.25, 0.3) is 0 Å². The Morgan fingerprint density at radius 3 is 2.07 bits per heavy atom. The van der Waals surface area contributed by atoms with Gasteiger partial charge in [-0.3, -0.25) is 13.6 Å². The minimum Gasteiger partial charge on any atom is -0.287 e. The van der Waals surface area contributed by atoms with Crippen LogP contribution in [0.15, 0.2) is 0 Å². The molecule has 0 bridgehead atoms. The molecule has 0 unspecified atom stereocenters. The molecule has 0 amide bonds. The van der Waals surface area contributed by atoms with Crippen LogP contribution in [0.2, 0.25) is 0 Å². The van der Waals surface area contributed by atoms with Crippen molar-refractivity contribution in [3.63, 3.8) is 0 Å². The summed E-state index contributed by atoms with van der Waals surface area (Å²) >= 11 is 1.73. The second kappa shape index (κ2) is 8.74. The molecule has 0 saturated heterocycles. The Morgan fingerprint density at radius 2 is 1.64 bits per heavy atom. The Morgan fingerprint density at radius 1 is 1.07 bits per heavy atom. The molecule has 14 heavy (non-hydrogen) atoms. The Bertz CT molecular complexity index is 167. The van der Waals surface area contributed by atoms with Crippen molar-refractivity contribution in [2.75, 3.05) is 31.3 Å². The lowest BCUT2D eigenvalue weighted by Gasteiger charge is -2.15. The molecule has 86 valence electrons. The van der Waals surface area contributed by atoms with E-state index in [9.17, 15) is 4.57 Å². The van der Waals surface area contributed by atoms with E-state index in [-0.39, 0.29) is 0 Å². The van der Waals surface area contributed by atoms with Crippen molar-refractivity contribution in [1.82, 2.24) is 0 Å². The molecule has 0 aromatic rings. The van der Waals surface area contributed by atoms with Gasteiger partial charge in [0.05, 0.1) is 19.8 Å². The first-order valence-corrected chi connectivity index (χ1v) is 7.41. The Hall–Kier alpha value is 0.460. The van der Waals surface area contributed by atoms with E-state index >= 15 is 0 Å². The van der Waals surface area contributed by atoms with Crippen molar-refractivity contribution in [2.45, 2.75) is 20.8 Å². The molecule has 0 aromatic heterocycles. The summed E-state index contributed by atoms with van der Waals surface area (Å²) in [5, 5.41) is 0. The van der Waals surface area contributed by atoms with Gasteiger partial charge in [0, 0.05) is 5.75 Å². The van der Waals surface area contributed by atoms with E-state index in [2.05, 4.69) is 6.92 Å². The summed E-state index contributed by atoms with van der Waals surface area (Å²) in [5.41, 5.74) is 0. The fourth-order valence-electron chi connectivity index (χ4n) is 0.780. The van der Waals surface area contributed by atoms with Crippen LogP contribution in [0.5, 0.6) is 0 Å². The van der Waals surface area contributed by atoms with E-state index in [4.69, 9.17) is 13.6 Å². The lowest BCUT2D eigenvalue weighted by molar-refractivity contribution is 0.127. The summed E-state index contributed by atoms with van der Waals surface area (Å²) in [6.45, 7) is 6.65. The third kappa shape index (κ3) is 6.85. The van der Waals surface area contributed by atoms with Crippen LogP contribution in [0.4, 0.5) is 0 Å². The van der Waals surface area contributed by atoms with Crippen molar-refractivity contribution in [3.8, 4) is 0 Å². The first kappa shape index (κ1) is 14.5. The molecule has 0 rings (SSSR count). The lowest BCUT2D eigenvalue weighted by Crippen LogP contribution is -2.02. The molecule has 6 heteroatoms. The van der Waals surface area contributed by atoms with Gasteiger partial charge in [0.15, 0.2) is 0 Å². The van der Waals surface area contributed by atoms with E-state index < -0.39 is 7.82 Å². The van der Waals surface area contributed by atoms with Gasteiger partial charge in [0.25, 0.3) is 0 Å². The summed E-state index contributed by atoms with van der Waals surface area (Å²) in [5.74, 6) is 1.83. The minimum absolute atomic E-state index is 0.332. The maximum atomic E-state index is 11.7. The summed E-state index contributed by atoms with van der Waals surface area (Å²) in [7, 11) is -3.27. The van der Waals surface area contributed by atoms with Gasteiger partial charge >= 0.3 is 7.82 Å². The summed E-state index contributed by atoms with van der Waals surface area (Å²) < 4.78 is 26.7. The summed E-state index contributed by atoms with van der Waals surface area (Å²) in [6.07, 6.45) is 0. The van der Waals surface area contributed by atoms with Crippen molar-refractivity contribution in [2.24, 2.45) is 0 Å². The molecule has 0 saturated carbocycles. The van der Waals surface area contributed by atoms with Gasteiger partial charge in [-0.2, -0.15) is 11.8 Å². The number of hydrogen-bond donors (Lipinski definition) is 0. The van der Waals surface area contributed by atoms with Gasteiger partial charge in [-0.1, -0.05) is 6.92 Å². The van der Waals surface area contributed by atoms with Crippen molar-refractivity contribution < 1.29 is 18.1 Å². The molecule has 0 radical (unpaired) electrons. The monoisotopic (exact) mass is 242 g/mol. The molecule has 0 atom stereocenters. The van der Waals surface area contributed by atoms with Gasteiger partial charge in [0.2, 0.25) is 0 Å². The first-order valence-electron chi connectivity index (χ1n) is 4.79. The van der Waals surface area contributed by atoms with E-state index in [0.717, 1.165) is 11.5 Å². The van der Waals surface area contributed by atoms with Crippen LogP contribution in [0, 0.1) is 0 Å². The first-order chi connectivity index (χ1) is 6.68. The van der Waals surface area contributed by atoms with Gasteiger partial charge in [0.1, 0.15) is 0 Å². The molecule has 0 heterocycles. The molecule has 0 aliphatic rings. The van der Waals surface area contributed by atoms with Crippen LogP contribution in [-0.2, 0) is 18.1 Å². The second-order valence-corrected chi connectivity index (χ2v) is 5.38. The zero-order chi connectivity index (χ0) is 10.9. The maximum Gasteiger partial charge on any atom is 0.474 e. The third-order valence-electron chi connectivity index (χ3n) is 1.26. The number of thioether (sulfide) groups is 1. The van der Waals surface area contributed by atoms with Gasteiger partial charge in [-0.05, 0) is 19.6 Å². The Labute approximate surface area is 90.3 Å².